The minimum absolute atomic E-state index is 0.203. The second-order valence-electron chi connectivity index (χ2n) is 4.52. The summed E-state index contributed by atoms with van der Waals surface area (Å²) in [6, 6.07) is 0. The van der Waals surface area contributed by atoms with Gasteiger partial charge in [-0.3, -0.25) is 0 Å². The Morgan fingerprint density at radius 3 is 1.93 bits per heavy atom. The molecule has 1 fully saturated rings. The molecule has 15 heavy (non-hydrogen) atoms. The summed E-state index contributed by atoms with van der Waals surface area (Å²) in [5.74, 6) is 0.732. The van der Waals surface area contributed by atoms with Crippen LogP contribution in [-0.4, -0.2) is 11.7 Å². The highest BCUT2D eigenvalue weighted by molar-refractivity contribution is 14.1. The molecule has 0 aromatic rings. The zero-order valence-corrected chi connectivity index (χ0v) is 11.7. The predicted octanol–water partition coefficient (Wildman–Crippen LogP) is 4.44. The van der Waals surface area contributed by atoms with Crippen molar-refractivity contribution in [3.8, 4) is 0 Å². The smallest absolute Gasteiger partial charge is 0.0622 e. The molecule has 1 aliphatic carbocycles. The lowest BCUT2D eigenvalue weighted by atomic mass is 9.92. The van der Waals surface area contributed by atoms with Gasteiger partial charge < -0.3 is 5.11 Å². The van der Waals surface area contributed by atoms with Crippen LogP contribution >= 0.6 is 22.6 Å². The lowest BCUT2D eigenvalue weighted by Crippen LogP contribution is -2.03. The van der Waals surface area contributed by atoms with Gasteiger partial charge in [-0.2, -0.15) is 0 Å². The van der Waals surface area contributed by atoms with E-state index in [1.54, 1.807) is 0 Å². The van der Waals surface area contributed by atoms with Crippen molar-refractivity contribution in [2.75, 3.05) is 6.61 Å². The molecule has 0 aromatic heterocycles. The Hall–Kier alpha value is 0.430. The van der Waals surface area contributed by atoms with E-state index in [2.05, 4.69) is 22.6 Å². The maximum absolute atomic E-state index is 8.91. The van der Waals surface area contributed by atoms with Crippen LogP contribution in [0.2, 0.25) is 0 Å². The summed E-state index contributed by atoms with van der Waals surface area (Å²) in [6.07, 6.45) is 14.5. The number of hydrogen-bond acceptors (Lipinski definition) is 1. The van der Waals surface area contributed by atoms with Crippen LogP contribution in [0.25, 0.3) is 0 Å². The number of hydrogen-bond donors (Lipinski definition) is 1. The van der Waals surface area contributed by atoms with Crippen LogP contribution in [0.15, 0.2) is 9.66 Å². The molecule has 0 saturated heterocycles. The standard InChI is InChI=1S/C13H23IO/c14-13(10-11-15)12-8-6-4-2-1-3-5-7-9-12/h10,12,15H,1-9,11H2/b13-10-. The summed E-state index contributed by atoms with van der Waals surface area (Å²) in [6.45, 7) is 0.203. The Balaban J connectivity index is 2.40. The van der Waals surface area contributed by atoms with Gasteiger partial charge in [-0.25, -0.2) is 0 Å². The fourth-order valence-electron chi connectivity index (χ4n) is 2.34. The summed E-state index contributed by atoms with van der Waals surface area (Å²) in [5.41, 5.74) is 0. The molecule has 1 nitrogen and oxygen atoms in total. The highest BCUT2D eigenvalue weighted by atomic mass is 127. The molecule has 1 rings (SSSR count). The summed E-state index contributed by atoms with van der Waals surface area (Å²) >= 11 is 2.41. The molecule has 0 spiro atoms. The van der Waals surface area contributed by atoms with Crippen molar-refractivity contribution in [3.63, 3.8) is 0 Å². The second-order valence-corrected chi connectivity index (χ2v) is 5.77. The Morgan fingerprint density at radius 2 is 1.47 bits per heavy atom. The number of aliphatic hydroxyl groups excluding tert-OH is 1. The first-order chi connectivity index (χ1) is 7.34. The van der Waals surface area contributed by atoms with E-state index in [9.17, 15) is 0 Å². The first kappa shape index (κ1) is 13.5. The molecule has 0 aliphatic heterocycles. The van der Waals surface area contributed by atoms with Gasteiger partial charge in [-0.05, 0) is 51.0 Å². The fraction of sp³-hybridized carbons (Fsp3) is 0.846. The molecule has 1 N–H and O–H groups in total. The molecular formula is C13H23IO. The van der Waals surface area contributed by atoms with E-state index >= 15 is 0 Å². The molecule has 0 unspecified atom stereocenters. The van der Waals surface area contributed by atoms with E-state index in [4.69, 9.17) is 5.11 Å². The molecule has 0 bridgehead atoms. The first-order valence-electron chi connectivity index (χ1n) is 6.31. The van der Waals surface area contributed by atoms with Gasteiger partial charge in [-0.15, -0.1) is 0 Å². The van der Waals surface area contributed by atoms with E-state index in [-0.39, 0.29) is 6.61 Å². The molecule has 0 aromatic carbocycles. The average Bonchev–Trinajstić information content (AvgIpc) is 2.26. The van der Waals surface area contributed by atoms with Crippen LogP contribution in [-0.2, 0) is 0 Å². The minimum atomic E-state index is 0.203. The Bertz CT molecular complexity index is 179. The van der Waals surface area contributed by atoms with Gasteiger partial charge >= 0.3 is 0 Å². The zero-order chi connectivity index (χ0) is 10.9. The largest absolute Gasteiger partial charge is 0.392 e. The van der Waals surface area contributed by atoms with E-state index < -0.39 is 0 Å². The van der Waals surface area contributed by atoms with Crippen molar-refractivity contribution in [1.29, 1.82) is 0 Å². The van der Waals surface area contributed by atoms with Crippen molar-refractivity contribution in [2.24, 2.45) is 5.92 Å². The predicted molar refractivity (Wildman–Crippen MR) is 74.2 cm³/mol. The fourth-order valence-corrected chi connectivity index (χ4v) is 3.16. The highest BCUT2D eigenvalue weighted by Crippen LogP contribution is 2.30. The van der Waals surface area contributed by atoms with E-state index in [0.717, 1.165) is 5.92 Å². The third kappa shape index (κ3) is 5.91. The molecule has 0 radical (unpaired) electrons. The Morgan fingerprint density at radius 1 is 1.00 bits per heavy atom. The maximum atomic E-state index is 8.91. The minimum Gasteiger partial charge on any atom is -0.392 e. The maximum Gasteiger partial charge on any atom is 0.0622 e. The molecule has 1 aliphatic rings. The first-order valence-corrected chi connectivity index (χ1v) is 7.39. The third-order valence-electron chi connectivity index (χ3n) is 3.28. The molecule has 2 heteroatoms. The monoisotopic (exact) mass is 322 g/mol. The molecule has 0 amide bonds. The van der Waals surface area contributed by atoms with Gasteiger partial charge in [0.15, 0.2) is 0 Å². The Kier molecular flexibility index (Phi) is 7.71. The van der Waals surface area contributed by atoms with Crippen LogP contribution < -0.4 is 0 Å². The number of aliphatic hydroxyl groups is 1. The van der Waals surface area contributed by atoms with Gasteiger partial charge in [0.1, 0.15) is 0 Å². The van der Waals surface area contributed by atoms with Crippen LogP contribution in [0.1, 0.15) is 57.8 Å². The van der Waals surface area contributed by atoms with Gasteiger partial charge in [0, 0.05) is 0 Å². The van der Waals surface area contributed by atoms with E-state index in [1.807, 2.05) is 6.08 Å². The van der Waals surface area contributed by atoms with Gasteiger partial charge in [-0.1, -0.05) is 44.9 Å². The molecule has 1 saturated carbocycles. The van der Waals surface area contributed by atoms with Gasteiger partial charge in [0.05, 0.1) is 6.61 Å². The number of rotatable bonds is 2. The lowest BCUT2D eigenvalue weighted by Gasteiger charge is -2.18. The van der Waals surface area contributed by atoms with Crippen LogP contribution in [0.4, 0.5) is 0 Å². The topological polar surface area (TPSA) is 20.2 Å². The zero-order valence-electron chi connectivity index (χ0n) is 9.55. The quantitative estimate of drug-likeness (QED) is 0.745. The van der Waals surface area contributed by atoms with Crippen LogP contribution in [0.3, 0.4) is 0 Å². The van der Waals surface area contributed by atoms with Gasteiger partial charge in [0.2, 0.25) is 0 Å². The second kappa shape index (κ2) is 8.57. The molecule has 88 valence electrons. The lowest BCUT2D eigenvalue weighted by molar-refractivity contribution is 0.340. The normalized spacial score (nSPS) is 22.7. The highest BCUT2D eigenvalue weighted by Gasteiger charge is 2.12. The van der Waals surface area contributed by atoms with Crippen molar-refractivity contribution >= 4 is 22.6 Å². The molecule has 0 heterocycles. The Labute approximate surface area is 107 Å². The van der Waals surface area contributed by atoms with Crippen molar-refractivity contribution < 1.29 is 5.11 Å². The summed E-state index contributed by atoms with van der Waals surface area (Å²) in [5, 5.41) is 8.91. The van der Waals surface area contributed by atoms with E-state index in [0.29, 0.717) is 0 Å². The molecular weight excluding hydrogens is 299 g/mol. The SMILES string of the molecule is OC/C=C(\I)C1CCCCCCCCC1. The van der Waals surface area contributed by atoms with Crippen molar-refractivity contribution in [2.45, 2.75) is 57.8 Å². The summed E-state index contributed by atoms with van der Waals surface area (Å²) in [4.78, 5) is 0. The van der Waals surface area contributed by atoms with Crippen LogP contribution in [0, 0.1) is 5.92 Å². The van der Waals surface area contributed by atoms with Crippen LogP contribution in [0.5, 0.6) is 0 Å². The number of halogens is 1. The average molecular weight is 322 g/mol. The van der Waals surface area contributed by atoms with E-state index in [1.165, 1.54) is 61.4 Å². The third-order valence-corrected chi connectivity index (χ3v) is 4.60. The van der Waals surface area contributed by atoms with Gasteiger partial charge in [0.25, 0.3) is 0 Å². The number of allylic oxidation sites excluding steroid dienone is 1. The molecule has 0 atom stereocenters. The summed E-state index contributed by atoms with van der Waals surface area (Å²) in [7, 11) is 0. The summed E-state index contributed by atoms with van der Waals surface area (Å²) < 4.78 is 1.38. The van der Waals surface area contributed by atoms with Crippen molar-refractivity contribution in [3.05, 3.63) is 9.66 Å². The van der Waals surface area contributed by atoms with Crippen molar-refractivity contribution in [1.82, 2.24) is 0 Å².